The average molecular weight is 257 g/mol. The third-order valence-corrected chi connectivity index (χ3v) is 3.33. The van der Waals surface area contributed by atoms with E-state index in [1.54, 1.807) is 7.11 Å². The zero-order chi connectivity index (χ0) is 13.2. The van der Waals surface area contributed by atoms with Crippen molar-refractivity contribution in [2.45, 2.75) is 38.2 Å². The van der Waals surface area contributed by atoms with Crippen LogP contribution < -0.4 is 5.73 Å². The molecule has 1 aliphatic heterocycles. The molecule has 1 fully saturated rings. The van der Waals surface area contributed by atoms with Crippen molar-refractivity contribution < 1.29 is 9.47 Å². The molecule has 0 radical (unpaired) electrons. The fraction of sp³-hybridized carbons (Fsp3) is 0.923. The molecule has 3 N–H and O–H groups in total. The minimum absolute atomic E-state index is 0.261. The van der Waals surface area contributed by atoms with Crippen LogP contribution in [0.15, 0.2) is 0 Å². The molecule has 0 spiro atoms. The Morgan fingerprint density at radius 1 is 1.44 bits per heavy atom. The Morgan fingerprint density at radius 2 is 2.28 bits per heavy atom. The molecule has 0 aromatic carbocycles. The van der Waals surface area contributed by atoms with E-state index in [0.29, 0.717) is 12.5 Å². The first-order chi connectivity index (χ1) is 8.72. The van der Waals surface area contributed by atoms with Gasteiger partial charge in [-0.05, 0) is 32.2 Å². The summed E-state index contributed by atoms with van der Waals surface area (Å²) in [7, 11) is 1.72. The second kappa shape index (κ2) is 9.30. The first kappa shape index (κ1) is 15.4. The van der Waals surface area contributed by atoms with Gasteiger partial charge in [0.2, 0.25) is 0 Å². The summed E-state index contributed by atoms with van der Waals surface area (Å²) in [6.45, 7) is 4.47. The van der Waals surface area contributed by atoms with Gasteiger partial charge in [0.05, 0.1) is 18.5 Å². The number of nitrogens with zero attached hydrogens (tertiary/aromatic N) is 1. The predicted octanol–water partition coefficient (Wildman–Crippen LogP) is 1.22. The van der Waals surface area contributed by atoms with Crippen LogP contribution in [0.5, 0.6) is 0 Å². The van der Waals surface area contributed by atoms with Crippen LogP contribution in [0.4, 0.5) is 0 Å². The van der Waals surface area contributed by atoms with E-state index in [-0.39, 0.29) is 5.84 Å². The van der Waals surface area contributed by atoms with E-state index >= 15 is 0 Å². The molecule has 106 valence electrons. The highest BCUT2D eigenvalue weighted by atomic mass is 16.5. The molecule has 1 atom stereocenters. The molecule has 0 aliphatic carbocycles. The van der Waals surface area contributed by atoms with Gasteiger partial charge in [-0.15, -0.1) is 0 Å². The van der Waals surface area contributed by atoms with Crippen molar-refractivity contribution in [3.8, 4) is 0 Å². The number of hydrogen-bond donors (Lipinski definition) is 2. The number of ether oxygens (including phenoxy) is 2. The molecule has 5 nitrogen and oxygen atoms in total. The minimum Gasteiger partial charge on any atom is -0.388 e. The van der Waals surface area contributed by atoms with Crippen LogP contribution in [0.25, 0.3) is 0 Å². The fourth-order valence-corrected chi connectivity index (χ4v) is 2.25. The highest BCUT2D eigenvalue weighted by Gasteiger charge is 2.15. The van der Waals surface area contributed by atoms with Crippen molar-refractivity contribution in [2.24, 2.45) is 5.73 Å². The molecule has 0 saturated carbocycles. The molecule has 0 aromatic rings. The zero-order valence-electron chi connectivity index (χ0n) is 11.5. The van der Waals surface area contributed by atoms with Crippen molar-refractivity contribution in [3.63, 3.8) is 0 Å². The normalized spacial score (nSPS) is 19.6. The van der Waals surface area contributed by atoms with Crippen molar-refractivity contribution in [3.05, 3.63) is 0 Å². The van der Waals surface area contributed by atoms with Gasteiger partial charge in [-0.1, -0.05) is 0 Å². The Bertz CT molecular complexity index is 230. The standard InChI is InChI=1S/C13H27N3O2/c1-17-11-9-16(8-6-13(14)15)7-2-4-12-5-3-10-18-12/h12H,2-11H2,1H3,(H3,14,15). The summed E-state index contributed by atoms with van der Waals surface area (Å²) in [6.07, 6.45) is 5.83. The predicted molar refractivity (Wildman–Crippen MR) is 73.1 cm³/mol. The molecule has 5 heteroatoms. The molecule has 0 bridgehead atoms. The first-order valence-electron chi connectivity index (χ1n) is 6.88. The fourth-order valence-electron chi connectivity index (χ4n) is 2.25. The van der Waals surface area contributed by atoms with Crippen LogP contribution in [0.1, 0.15) is 32.1 Å². The van der Waals surface area contributed by atoms with Crippen LogP contribution in [0.2, 0.25) is 0 Å². The second-order valence-electron chi connectivity index (χ2n) is 4.89. The lowest BCUT2D eigenvalue weighted by atomic mass is 10.1. The third kappa shape index (κ3) is 6.93. The highest BCUT2D eigenvalue weighted by molar-refractivity contribution is 5.76. The number of methoxy groups -OCH3 is 1. The molecule has 0 aromatic heterocycles. The lowest BCUT2D eigenvalue weighted by Gasteiger charge is -2.22. The van der Waals surface area contributed by atoms with E-state index in [0.717, 1.165) is 45.7 Å². The number of nitrogens with one attached hydrogen (secondary N) is 1. The Hall–Kier alpha value is -0.650. The maximum atomic E-state index is 7.28. The number of nitrogens with two attached hydrogens (primary N) is 1. The van der Waals surface area contributed by atoms with Crippen LogP contribution in [-0.4, -0.2) is 56.8 Å². The molecule has 1 unspecified atom stereocenters. The van der Waals surface area contributed by atoms with Gasteiger partial charge in [-0.2, -0.15) is 0 Å². The third-order valence-electron chi connectivity index (χ3n) is 3.33. The van der Waals surface area contributed by atoms with Gasteiger partial charge in [-0.25, -0.2) is 0 Å². The summed E-state index contributed by atoms with van der Waals surface area (Å²) >= 11 is 0. The topological polar surface area (TPSA) is 71.6 Å². The van der Waals surface area contributed by atoms with E-state index in [1.807, 2.05) is 0 Å². The van der Waals surface area contributed by atoms with Crippen LogP contribution in [0.3, 0.4) is 0 Å². The number of amidine groups is 1. The molecule has 1 aliphatic rings. The van der Waals surface area contributed by atoms with Gasteiger partial charge in [0.15, 0.2) is 0 Å². The van der Waals surface area contributed by atoms with Gasteiger partial charge in [0, 0.05) is 33.2 Å². The van der Waals surface area contributed by atoms with E-state index in [1.165, 1.54) is 12.8 Å². The Morgan fingerprint density at radius 3 is 2.89 bits per heavy atom. The molecular formula is C13H27N3O2. The number of hydrogen-bond acceptors (Lipinski definition) is 4. The molecular weight excluding hydrogens is 230 g/mol. The highest BCUT2D eigenvalue weighted by Crippen LogP contribution is 2.16. The van der Waals surface area contributed by atoms with Gasteiger partial charge < -0.3 is 20.1 Å². The summed E-state index contributed by atoms with van der Waals surface area (Å²) < 4.78 is 10.7. The molecule has 1 saturated heterocycles. The van der Waals surface area contributed by atoms with Crippen LogP contribution in [0, 0.1) is 5.41 Å². The largest absolute Gasteiger partial charge is 0.388 e. The van der Waals surface area contributed by atoms with E-state index in [2.05, 4.69) is 4.90 Å². The first-order valence-corrected chi connectivity index (χ1v) is 6.88. The maximum Gasteiger partial charge on any atom is 0.0918 e. The van der Waals surface area contributed by atoms with E-state index < -0.39 is 0 Å². The molecule has 1 rings (SSSR count). The van der Waals surface area contributed by atoms with Gasteiger partial charge >= 0.3 is 0 Å². The SMILES string of the molecule is COCCN(CCCC1CCCO1)CCC(=N)N. The van der Waals surface area contributed by atoms with E-state index in [4.69, 9.17) is 20.6 Å². The Balaban J connectivity index is 2.14. The van der Waals surface area contributed by atoms with Crippen molar-refractivity contribution >= 4 is 5.84 Å². The van der Waals surface area contributed by atoms with Gasteiger partial charge in [0.25, 0.3) is 0 Å². The quantitative estimate of drug-likeness (QED) is 0.456. The molecule has 1 heterocycles. The summed E-state index contributed by atoms with van der Waals surface area (Å²) in [6, 6.07) is 0. The molecule has 0 amide bonds. The zero-order valence-corrected chi connectivity index (χ0v) is 11.5. The van der Waals surface area contributed by atoms with Gasteiger partial charge in [0.1, 0.15) is 0 Å². The summed E-state index contributed by atoms with van der Waals surface area (Å²) in [5.74, 6) is 0.261. The summed E-state index contributed by atoms with van der Waals surface area (Å²) in [4.78, 5) is 2.32. The summed E-state index contributed by atoms with van der Waals surface area (Å²) in [5.41, 5.74) is 5.40. The average Bonchev–Trinajstić information content (AvgIpc) is 2.84. The van der Waals surface area contributed by atoms with Crippen LogP contribution in [-0.2, 0) is 9.47 Å². The monoisotopic (exact) mass is 257 g/mol. The van der Waals surface area contributed by atoms with Crippen molar-refractivity contribution in [1.29, 1.82) is 5.41 Å². The van der Waals surface area contributed by atoms with Crippen molar-refractivity contribution in [1.82, 2.24) is 4.90 Å². The second-order valence-corrected chi connectivity index (χ2v) is 4.89. The van der Waals surface area contributed by atoms with Gasteiger partial charge in [-0.3, -0.25) is 5.41 Å². The lowest BCUT2D eigenvalue weighted by Crippen LogP contribution is -2.32. The van der Waals surface area contributed by atoms with Crippen molar-refractivity contribution in [2.75, 3.05) is 40.0 Å². The maximum absolute atomic E-state index is 7.28. The Kier molecular flexibility index (Phi) is 7.96. The Labute approximate surface area is 110 Å². The van der Waals surface area contributed by atoms with E-state index in [9.17, 15) is 0 Å². The smallest absolute Gasteiger partial charge is 0.0918 e. The molecule has 18 heavy (non-hydrogen) atoms. The minimum atomic E-state index is 0.261. The van der Waals surface area contributed by atoms with Crippen LogP contribution >= 0.6 is 0 Å². The lowest BCUT2D eigenvalue weighted by molar-refractivity contribution is 0.0960. The number of rotatable bonds is 10. The summed E-state index contributed by atoms with van der Waals surface area (Å²) in [5, 5.41) is 7.28.